The third-order valence-corrected chi connectivity index (χ3v) is 2.18. The molecule has 0 aliphatic heterocycles. The minimum Gasteiger partial charge on any atom is -0.542 e. The van der Waals surface area contributed by atoms with Crippen LogP contribution in [0.5, 0.6) is 5.75 Å². The summed E-state index contributed by atoms with van der Waals surface area (Å²) in [7, 11) is 1.58. The molecule has 0 aliphatic carbocycles. The number of hydrogen-bond acceptors (Lipinski definition) is 4. The molecule has 1 heterocycles. The monoisotopic (exact) mass is 217 g/mol. The van der Waals surface area contributed by atoms with Gasteiger partial charge < -0.3 is 19.1 Å². The molecule has 4 nitrogen and oxygen atoms in total. The van der Waals surface area contributed by atoms with Crippen molar-refractivity contribution in [2.24, 2.45) is 0 Å². The highest BCUT2D eigenvalue weighted by molar-refractivity contribution is 5.83. The van der Waals surface area contributed by atoms with E-state index in [1.807, 2.05) is 0 Å². The van der Waals surface area contributed by atoms with Crippen LogP contribution >= 0.6 is 0 Å². The van der Waals surface area contributed by atoms with Gasteiger partial charge in [-0.25, -0.2) is 0 Å². The molecule has 1 aromatic carbocycles. The number of furan rings is 1. The lowest BCUT2D eigenvalue weighted by Gasteiger charge is -2.01. The van der Waals surface area contributed by atoms with Crippen LogP contribution in [0.25, 0.3) is 11.3 Å². The second-order valence-corrected chi connectivity index (χ2v) is 3.18. The highest BCUT2D eigenvalue weighted by Gasteiger charge is 2.05. The second kappa shape index (κ2) is 4.10. The highest BCUT2D eigenvalue weighted by atomic mass is 16.5. The van der Waals surface area contributed by atoms with Crippen molar-refractivity contribution < 1.29 is 19.1 Å². The first-order valence-corrected chi connectivity index (χ1v) is 4.66. The second-order valence-electron chi connectivity index (χ2n) is 3.18. The normalized spacial score (nSPS) is 10.1. The van der Waals surface area contributed by atoms with Gasteiger partial charge in [0.05, 0.1) is 7.11 Å². The first-order chi connectivity index (χ1) is 7.70. The Balaban J connectivity index is 2.31. The number of aromatic carboxylic acids is 1. The maximum absolute atomic E-state index is 10.5. The van der Waals surface area contributed by atoms with E-state index in [2.05, 4.69) is 0 Å². The lowest BCUT2D eigenvalue weighted by molar-refractivity contribution is -0.257. The quantitative estimate of drug-likeness (QED) is 0.777. The number of benzene rings is 1. The van der Waals surface area contributed by atoms with Crippen molar-refractivity contribution >= 4 is 5.97 Å². The van der Waals surface area contributed by atoms with Gasteiger partial charge in [0.2, 0.25) is 0 Å². The van der Waals surface area contributed by atoms with Gasteiger partial charge in [-0.05, 0) is 36.4 Å². The topological polar surface area (TPSA) is 62.5 Å². The lowest BCUT2D eigenvalue weighted by atomic mass is 10.2. The predicted octanol–water partition coefficient (Wildman–Crippen LogP) is 1.32. The minimum atomic E-state index is -1.32. The molecular weight excluding hydrogens is 208 g/mol. The van der Waals surface area contributed by atoms with E-state index in [4.69, 9.17) is 9.15 Å². The summed E-state index contributed by atoms with van der Waals surface area (Å²) in [4.78, 5) is 10.5. The molecule has 1 aromatic heterocycles. The maximum Gasteiger partial charge on any atom is 0.150 e. The van der Waals surface area contributed by atoms with Gasteiger partial charge in [0.25, 0.3) is 0 Å². The van der Waals surface area contributed by atoms with Crippen molar-refractivity contribution in [3.05, 3.63) is 42.2 Å². The lowest BCUT2D eigenvalue weighted by Crippen LogP contribution is -2.21. The van der Waals surface area contributed by atoms with E-state index < -0.39 is 5.97 Å². The van der Waals surface area contributed by atoms with Crippen LogP contribution in [-0.2, 0) is 0 Å². The molecule has 82 valence electrons. The molecule has 0 spiro atoms. The van der Waals surface area contributed by atoms with E-state index in [0.29, 0.717) is 5.76 Å². The molecule has 0 aliphatic rings. The van der Waals surface area contributed by atoms with Crippen molar-refractivity contribution in [3.63, 3.8) is 0 Å². The van der Waals surface area contributed by atoms with Gasteiger partial charge in [-0.1, -0.05) is 0 Å². The van der Waals surface area contributed by atoms with Crippen LogP contribution in [0, 0.1) is 0 Å². The molecule has 0 bridgehead atoms. The summed E-state index contributed by atoms with van der Waals surface area (Å²) >= 11 is 0. The number of methoxy groups -OCH3 is 1. The molecular formula is C12H9O4-. The molecule has 0 saturated carbocycles. The molecule has 0 amide bonds. The summed E-state index contributed by atoms with van der Waals surface area (Å²) in [6.45, 7) is 0. The Hall–Kier alpha value is -2.23. The van der Waals surface area contributed by atoms with E-state index in [9.17, 15) is 9.90 Å². The fraction of sp³-hybridized carbons (Fsp3) is 0.0833. The number of hydrogen-bond donors (Lipinski definition) is 0. The van der Waals surface area contributed by atoms with Crippen LogP contribution in [0.1, 0.15) is 10.6 Å². The Kier molecular flexibility index (Phi) is 2.64. The van der Waals surface area contributed by atoms with Crippen LogP contribution in [0.15, 0.2) is 40.8 Å². The molecule has 0 radical (unpaired) electrons. The van der Waals surface area contributed by atoms with E-state index >= 15 is 0 Å². The van der Waals surface area contributed by atoms with Crippen LogP contribution < -0.4 is 9.84 Å². The van der Waals surface area contributed by atoms with Crippen molar-refractivity contribution in [2.75, 3.05) is 7.11 Å². The van der Waals surface area contributed by atoms with Crippen LogP contribution in [0.2, 0.25) is 0 Å². The molecule has 0 N–H and O–H groups in total. The van der Waals surface area contributed by atoms with E-state index in [-0.39, 0.29) is 5.76 Å². The van der Waals surface area contributed by atoms with E-state index in [1.165, 1.54) is 6.07 Å². The minimum absolute atomic E-state index is 0.175. The molecule has 2 rings (SSSR count). The smallest absolute Gasteiger partial charge is 0.150 e. The number of ether oxygens (including phenoxy) is 1. The summed E-state index contributed by atoms with van der Waals surface area (Å²) in [5, 5.41) is 10.5. The summed E-state index contributed by atoms with van der Waals surface area (Å²) in [5.41, 5.74) is 0.785. The van der Waals surface area contributed by atoms with Gasteiger partial charge in [-0.3, -0.25) is 0 Å². The van der Waals surface area contributed by atoms with Crippen LogP contribution in [-0.4, -0.2) is 13.1 Å². The first-order valence-electron chi connectivity index (χ1n) is 4.66. The van der Waals surface area contributed by atoms with Gasteiger partial charge in [0.15, 0.2) is 0 Å². The van der Waals surface area contributed by atoms with Gasteiger partial charge in [0.1, 0.15) is 23.2 Å². The Morgan fingerprint density at radius 3 is 2.38 bits per heavy atom. The van der Waals surface area contributed by atoms with Crippen molar-refractivity contribution in [1.82, 2.24) is 0 Å². The largest absolute Gasteiger partial charge is 0.542 e. The summed E-state index contributed by atoms with van der Waals surface area (Å²) in [6, 6.07) is 10.1. The third kappa shape index (κ3) is 1.91. The summed E-state index contributed by atoms with van der Waals surface area (Å²) < 4.78 is 10.1. The van der Waals surface area contributed by atoms with E-state index in [0.717, 1.165) is 11.3 Å². The fourth-order valence-electron chi connectivity index (χ4n) is 1.36. The zero-order valence-corrected chi connectivity index (χ0v) is 8.60. The van der Waals surface area contributed by atoms with Gasteiger partial charge >= 0.3 is 0 Å². The number of rotatable bonds is 3. The zero-order chi connectivity index (χ0) is 11.5. The van der Waals surface area contributed by atoms with Crippen molar-refractivity contribution in [3.8, 4) is 17.1 Å². The Bertz CT molecular complexity index is 496. The Morgan fingerprint density at radius 2 is 1.88 bits per heavy atom. The molecule has 0 atom stereocenters. The summed E-state index contributed by atoms with van der Waals surface area (Å²) in [5.74, 6) is -0.275. The number of carbonyl (C=O) groups excluding carboxylic acids is 1. The van der Waals surface area contributed by atoms with E-state index in [1.54, 1.807) is 37.4 Å². The zero-order valence-electron chi connectivity index (χ0n) is 8.60. The molecule has 16 heavy (non-hydrogen) atoms. The predicted molar refractivity (Wildman–Crippen MR) is 55.0 cm³/mol. The van der Waals surface area contributed by atoms with Crippen molar-refractivity contribution in [2.45, 2.75) is 0 Å². The Morgan fingerprint density at radius 1 is 1.19 bits per heavy atom. The van der Waals surface area contributed by atoms with Crippen LogP contribution in [0.4, 0.5) is 0 Å². The average Bonchev–Trinajstić information content (AvgIpc) is 2.78. The standard InChI is InChI=1S/C12H10O4/c1-15-9-4-2-8(3-5-9)10-6-7-11(16-10)12(13)14/h2-7H,1H3,(H,13,14)/p-1. The SMILES string of the molecule is COc1ccc(-c2ccc(C(=O)[O-])o2)cc1. The third-order valence-electron chi connectivity index (χ3n) is 2.18. The first kappa shape index (κ1) is 10.3. The molecule has 4 heteroatoms. The highest BCUT2D eigenvalue weighted by Crippen LogP contribution is 2.24. The molecule has 0 saturated heterocycles. The number of carboxylic acid groups (broad SMARTS) is 1. The van der Waals surface area contributed by atoms with Gasteiger partial charge in [-0.15, -0.1) is 0 Å². The molecule has 0 fully saturated rings. The summed E-state index contributed by atoms with van der Waals surface area (Å²) in [6.07, 6.45) is 0. The van der Waals surface area contributed by atoms with Gasteiger partial charge in [-0.2, -0.15) is 0 Å². The molecule has 2 aromatic rings. The maximum atomic E-state index is 10.5. The average molecular weight is 217 g/mol. The Labute approximate surface area is 92.1 Å². The molecule has 0 unspecified atom stereocenters. The fourth-order valence-corrected chi connectivity index (χ4v) is 1.36. The number of carbonyl (C=O) groups is 1. The van der Waals surface area contributed by atoms with Gasteiger partial charge in [0, 0.05) is 5.56 Å². The number of carboxylic acids is 1. The van der Waals surface area contributed by atoms with Crippen LogP contribution in [0.3, 0.4) is 0 Å². The van der Waals surface area contributed by atoms with Crippen molar-refractivity contribution in [1.29, 1.82) is 0 Å².